The third kappa shape index (κ3) is 3.78. The van der Waals surface area contributed by atoms with Gasteiger partial charge in [0.1, 0.15) is 30.5 Å². The molecule has 3 rings (SSSR count). The number of amides is 1. The summed E-state index contributed by atoms with van der Waals surface area (Å²) in [6, 6.07) is 6.39. The van der Waals surface area contributed by atoms with Crippen LogP contribution < -0.4 is 5.32 Å². The predicted octanol–water partition coefficient (Wildman–Crippen LogP) is 0.219. The molecule has 0 saturated carbocycles. The van der Waals surface area contributed by atoms with Crippen LogP contribution >= 0.6 is 11.3 Å². The van der Waals surface area contributed by atoms with Gasteiger partial charge in [-0.3, -0.25) is 10.1 Å². The van der Waals surface area contributed by atoms with Crippen LogP contribution in [0.1, 0.15) is 26.9 Å². The van der Waals surface area contributed by atoms with Crippen LogP contribution in [-0.2, 0) is 4.74 Å². The number of aryl methyl sites for hydroxylation is 1. The number of thiazole rings is 1. The molecule has 9 heteroatoms. The molecule has 1 aromatic heterocycles. The van der Waals surface area contributed by atoms with Gasteiger partial charge in [-0.1, -0.05) is 12.1 Å². The number of benzene rings is 1. The molecule has 0 spiro atoms. The second kappa shape index (κ2) is 7.78. The monoisotopic (exact) mass is 380 g/mol. The van der Waals surface area contributed by atoms with E-state index in [-0.39, 0.29) is 5.91 Å². The Hall–Kier alpha value is -1.88. The summed E-state index contributed by atoms with van der Waals surface area (Å²) in [4.78, 5) is 17.4. The normalized spacial score (nSPS) is 28.7. The fraction of sp³-hybridized carbons (Fsp3) is 0.412. The number of aliphatic hydroxyl groups excluding tert-OH is 4. The van der Waals surface area contributed by atoms with Gasteiger partial charge >= 0.3 is 0 Å². The number of aliphatic hydroxyl groups is 4. The highest BCUT2D eigenvalue weighted by Gasteiger charge is 2.43. The fourth-order valence-electron chi connectivity index (χ4n) is 2.82. The first-order valence-corrected chi connectivity index (χ1v) is 8.86. The summed E-state index contributed by atoms with van der Waals surface area (Å²) in [5, 5.41) is 42.5. The van der Waals surface area contributed by atoms with E-state index in [0.717, 1.165) is 4.88 Å². The van der Waals surface area contributed by atoms with E-state index < -0.39 is 37.1 Å². The molecular formula is C17H20N2O6S. The first kappa shape index (κ1) is 18.9. The number of nitrogens with one attached hydrogen (secondary N) is 1. The second-order valence-electron chi connectivity index (χ2n) is 6.11. The van der Waals surface area contributed by atoms with E-state index in [2.05, 4.69) is 10.3 Å². The lowest BCUT2D eigenvalue weighted by molar-refractivity contribution is -0.231. The van der Waals surface area contributed by atoms with Crippen molar-refractivity contribution in [2.24, 2.45) is 0 Å². The number of ether oxygens (including phenoxy) is 1. The van der Waals surface area contributed by atoms with Crippen LogP contribution in [0.5, 0.6) is 0 Å². The molecule has 2 heterocycles. The first-order chi connectivity index (χ1) is 12.4. The van der Waals surface area contributed by atoms with Crippen LogP contribution in [0, 0.1) is 6.92 Å². The molecule has 0 unspecified atom stereocenters. The van der Waals surface area contributed by atoms with Crippen molar-refractivity contribution in [2.45, 2.75) is 37.4 Å². The maximum atomic E-state index is 12.4. The standard InChI is InChI=1S/C17H20N2O6S/c1-8-6-18-17(26-8)19-16(24)10-4-2-3-9(5-10)15-14(23)13(22)12(21)11(7-20)25-15/h2-6,11-15,20-23H,7H2,1H3,(H,18,19,24)/t11-,12-,13+,14-,15-/m1/s1. The van der Waals surface area contributed by atoms with Crippen molar-refractivity contribution in [1.82, 2.24) is 4.98 Å². The summed E-state index contributed by atoms with van der Waals surface area (Å²) in [6.45, 7) is 1.37. The molecule has 140 valence electrons. The van der Waals surface area contributed by atoms with Gasteiger partial charge in [-0.15, -0.1) is 11.3 Å². The minimum Gasteiger partial charge on any atom is -0.394 e. The Balaban J connectivity index is 1.81. The lowest BCUT2D eigenvalue weighted by atomic mass is 9.90. The Labute approximate surface area is 153 Å². The maximum Gasteiger partial charge on any atom is 0.257 e. The van der Waals surface area contributed by atoms with Gasteiger partial charge in [0.2, 0.25) is 0 Å². The highest BCUT2D eigenvalue weighted by Crippen LogP contribution is 2.32. The number of carbonyl (C=O) groups is 1. The number of aromatic nitrogens is 1. The average Bonchev–Trinajstić information content (AvgIpc) is 3.05. The first-order valence-electron chi connectivity index (χ1n) is 8.05. The summed E-state index contributed by atoms with van der Waals surface area (Å²) in [6.07, 6.45) is -4.63. The summed E-state index contributed by atoms with van der Waals surface area (Å²) < 4.78 is 5.52. The third-order valence-electron chi connectivity index (χ3n) is 4.21. The Bertz CT molecular complexity index is 780. The molecular weight excluding hydrogens is 360 g/mol. The zero-order valence-electron chi connectivity index (χ0n) is 13.9. The molecule has 5 atom stereocenters. The molecule has 0 aliphatic carbocycles. The van der Waals surface area contributed by atoms with Crippen molar-refractivity contribution in [3.8, 4) is 0 Å². The van der Waals surface area contributed by atoms with Crippen molar-refractivity contribution in [1.29, 1.82) is 0 Å². The van der Waals surface area contributed by atoms with Gasteiger partial charge in [0.25, 0.3) is 5.91 Å². The van der Waals surface area contributed by atoms with Gasteiger partial charge in [-0.25, -0.2) is 4.98 Å². The number of hydrogen-bond acceptors (Lipinski definition) is 8. The van der Waals surface area contributed by atoms with Gasteiger partial charge in [0, 0.05) is 16.6 Å². The van der Waals surface area contributed by atoms with E-state index in [1.165, 1.54) is 17.4 Å². The number of rotatable bonds is 4. The molecule has 1 saturated heterocycles. The molecule has 0 radical (unpaired) electrons. The number of carbonyl (C=O) groups excluding carboxylic acids is 1. The Morgan fingerprint density at radius 1 is 1.27 bits per heavy atom. The van der Waals surface area contributed by atoms with E-state index in [9.17, 15) is 25.2 Å². The van der Waals surface area contributed by atoms with E-state index in [0.29, 0.717) is 16.3 Å². The van der Waals surface area contributed by atoms with E-state index >= 15 is 0 Å². The van der Waals surface area contributed by atoms with Crippen molar-refractivity contribution >= 4 is 22.4 Å². The fourth-order valence-corrected chi connectivity index (χ4v) is 3.48. The number of hydrogen-bond donors (Lipinski definition) is 5. The quantitative estimate of drug-likeness (QED) is 0.512. The molecule has 0 bridgehead atoms. The summed E-state index contributed by atoms with van der Waals surface area (Å²) in [5.41, 5.74) is 0.775. The second-order valence-corrected chi connectivity index (χ2v) is 7.34. The van der Waals surface area contributed by atoms with E-state index in [1.54, 1.807) is 24.4 Å². The number of nitrogens with zero attached hydrogens (tertiary/aromatic N) is 1. The molecule has 2 aromatic rings. The zero-order chi connectivity index (χ0) is 18.8. The third-order valence-corrected chi connectivity index (χ3v) is 5.04. The SMILES string of the molecule is Cc1cnc(NC(=O)c2cccc([C@H]3O[C@H](CO)[C@@H](O)[C@H](O)[C@H]3O)c2)s1. The van der Waals surface area contributed by atoms with Gasteiger partial charge in [-0.2, -0.15) is 0 Å². The molecule has 5 N–H and O–H groups in total. The highest BCUT2D eigenvalue weighted by molar-refractivity contribution is 7.15. The van der Waals surface area contributed by atoms with Crippen LogP contribution in [0.15, 0.2) is 30.5 Å². The van der Waals surface area contributed by atoms with E-state index in [1.807, 2.05) is 6.92 Å². The van der Waals surface area contributed by atoms with Gasteiger partial charge < -0.3 is 25.2 Å². The van der Waals surface area contributed by atoms with Gasteiger partial charge in [-0.05, 0) is 24.6 Å². The molecule has 1 aliphatic rings. The predicted molar refractivity (Wildman–Crippen MR) is 94.0 cm³/mol. The van der Waals surface area contributed by atoms with Crippen LogP contribution in [0.4, 0.5) is 5.13 Å². The smallest absolute Gasteiger partial charge is 0.257 e. The lowest BCUT2D eigenvalue weighted by Gasteiger charge is -2.40. The highest BCUT2D eigenvalue weighted by atomic mass is 32.1. The maximum absolute atomic E-state index is 12.4. The van der Waals surface area contributed by atoms with Crippen LogP contribution in [0.25, 0.3) is 0 Å². The minimum atomic E-state index is -1.47. The molecule has 1 aromatic carbocycles. The topological polar surface area (TPSA) is 132 Å². The molecule has 8 nitrogen and oxygen atoms in total. The average molecular weight is 380 g/mol. The van der Waals surface area contributed by atoms with Gasteiger partial charge in [0.15, 0.2) is 5.13 Å². The molecule has 1 fully saturated rings. The number of anilines is 1. The summed E-state index contributed by atoms with van der Waals surface area (Å²) in [7, 11) is 0. The minimum absolute atomic E-state index is 0.326. The Morgan fingerprint density at radius 3 is 2.69 bits per heavy atom. The molecule has 1 amide bonds. The van der Waals surface area contributed by atoms with Crippen LogP contribution in [0.2, 0.25) is 0 Å². The van der Waals surface area contributed by atoms with Crippen molar-refractivity contribution < 1.29 is 30.0 Å². The Morgan fingerprint density at radius 2 is 2.04 bits per heavy atom. The van der Waals surface area contributed by atoms with Gasteiger partial charge in [0.05, 0.1) is 6.61 Å². The van der Waals surface area contributed by atoms with Crippen molar-refractivity contribution in [3.63, 3.8) is 0 Å². The van der Waals surface area contributed by atoms with Crippen LogP contribution in [-0.4, -0.2) is 62.3 Å². The Kier molecular flexibility index (Phi) is 5.66. The van der Waals surface area contributed by atoms with Crippen LogP contribution in [0.3, 0.4) is 0 Å². The molecule has 1 aliphatic heterocycles. The van der Waals surface area contributed by atoms with Crippen molar-refractivity contribution in [2.75, 3.05) is 11.9 Å². The molecule has 26 heavy (non-hydrogen) atoms. The zero-order valence-corrected chi connectivity index (χ0v) is 14.8. The largest absolute Gasteiger partial charge is 0.394 e. The summed E-state index contributed by atoms with van der Waals surface area (Å²) in [5.74, 6) is -0.370. The van der Waals surface area contributed by atoms with Crippen molar-refractivity contribution in [3.05, 3.63) is 46.5 Å². The van der Waals surface area contributed by atoms with E-state index in [4.69, 9.17) is 4.74 Å². The summed E-state index contributed by atoms with van der Waals surface area (Å²) >= 11 is 1.35. The lowest BCUT2D eigenvalue weighted by Crippen LogP contribution is -2.55.